The molecule has 1 saturated carbocycles. The second-order valence-corrected chi connectivity index (χ2v) is 5.24. The molecule has 1 aromatic carbocycles. The van der Waals surface area contributed by atoms with Crippen molar-refractivity contribution in [2.45, 2.75) is 37.8 Å². The molecular weight excluding hydrogens is 266 g/mol. The fourth-order valence-electron chi connectivity index (χ4n) is 2.41. The van der Waals surface area contributed by atoms with Gasteiger partial charge >= 0.3 is 0 Å². The smallest absolute Gasteiger partial charge is 0.145 e. The highest BCUT2D eigenvalue weighted by Gasteiger charge is 2.20. The van der Waals surface area contributed by atoms with E-state index in [0.29, 0.717) is 22.6 Å². The third kappa shape index (κ3) is 3.45. The molecule has 0 heterocycles. The normalized spacial score (nSPS) is 22.9. The van der Waals surface area contributed by atoms with E-state index in [-0.39, 0.29) is 6.10 Å². The number of anilines is 1. The molecule has 0 aromatic heterocycles. The average molecular weight is 286 g/mol. The molecule has 0 bridgehead atoms. The monoisotopic (exact) mass is 285 g/mol. The van der Waals surface area contributed by atoms with Crippen molar-refractivity contribution in [3.63, 3.8) is 0 Å². The van der Waals surface area contributed by atoms with Crippen molar-refractivity contribution in [1.82, 2.24) is 0 Å². The van der Waals surface area contributed by atoms with Crippen LogP contribution >= 0.6 is 11.6 Å². The standard InChI is InChI=1S/C14H20ClNO3/c1-18-13-8-14(19-2)12(7-11(13)15)16-9-3-5-10(17)6-4-9/h7-10,16-17H,3-6H2,1-2H3. The van der Waals surface area contributed by atoms with Gasteiger partial charge in [-0.15, -0.1) is 0 Å². The van der Waals surface area contributed by atoms with Crippen LogP contribution in [0, 0.1) is 0 Å². The van der Waals surface area contributed by atoms with Gasteiger partial charge in [-0.3, -0.25) is 0 Å². The van der Waals surface area contributed by atoms with Crippen molar-refractivity contribution in [3.8, 4) is 11.5 Å². The van der Waals surface area contributed by atoms with Crippen LogP contribution in [-0.2, 0) is 0 Å². The third-order valence-electron chi connectivity index (χ3n) is 3.53. The minimum absolute atomic E-state index is 0.153. The van der Waals surface area contributed by atoms with Crippen molar-refractivity contribution >= 4 is 17.3 Å². The van der Waals surface area contributed by atoms with Gasteiger partial charge in [-0.2, -0.15) is 0 Å². The summed E-state index contributed by atoms with van der Waals surface area (Å²) in [4.78, 5) is 0. The van der Waals surface area contributed by atoms with Crippen LogP contribution in [0.4, 0.5) is 5.69 Å². The van der Waals surface area contributed by atoms with Crippen LogP contribution in [0.15, 0.2) is 12.1 Å². The van der Waals surface area contributed by atoms with Gasteiger partial charge in [0.1, 0.15) is 11.5 Å². The van der Waals surface area contributed by atoms with Crippen molar-refractivity contribution in [2.75, 3.05) is 19.5 Å². The number of ether oxygens (including phenoxy) is 2. The molecule has 0 saturated heterocycles. The van der Waals surface area contributed by atoms with Gasteiger partial charge in [0.15, 0.2) is 0 Å². The SMILES string of the molecule is COc1cc(OC)c(NC2CCC(O)CC2)cc1Cl. The zero-order chi connectivity index (χ0) is 13.8. The lowest BCUT2D eigenvalue weighted by Crippen LogP contribution is -2.28. The van der Waals surface area contributed by atoms with E-state index in [1.54, 1.807) is 20.3 Å². The van der Waals surface area contributed by atoms with E-state index in [0.717, 1.165) is 31.4 Å². The van der Waals surface area contributed by atoms with Crippen LogP contribution < -0.4 is 14.8 Å². The van der Waals surface area contributed by atoms with Crippen molar-refractivity contribution in [3.05, 3.63) is 17.2 Å². The van der Waals surface area contributed by atoms with Crippen molar-refractivity contribution < 1.29 is 14.6 Å². The minimum Gasteiger partial charge on any atom is -0.495 e. The fourth-order valence-corrected chi connectivity index (χ4v) is 2.65. The predicted molar refractivity (Wildman–Crippen MR) is 76.4 cm³/mol. The first-order chi connectivity index (χ1) is 9.13. The van der Waals surface area contributed by atoms with Gasteiger partial charge in [-0.05, 0) is 31.7 Å². The van der Waals surface area contributed by atoms with Crippen LogP contribution in [0.5, 0.6) is 11.5 Å². The maximum Gasteiger partial charge on any atom is 0.145 e. The number of hydrogen-bond acceptors (Lipinski definition) is 4. The Hall–Kier alpha value is -1.13. The molecule has 1 aliphatic carbocycles. The number of hydrogen-bond donors (Lipinski definition) is 2. The summed E-state index contributed by atoms with van der Waals surface area (Å²) in [7, 11) is 3.20. The summed E-state index contributed by atoms with van der Waals surface area (Å²) < 4.78 is 10.5. The van der Waals surface area contributed by atoms with Crippen molar-refractivity contribution in [1.29, 1.82) is 0 Å². The molecule has 0 spiro atoms. The Balaban J connectivity index is 2.13. The molecule has 4 nitrogen and oxygen atoms in total. The molecule has 2 N–H and O–H groups in total. The van der Waals surface area contributed by atoms with Crippen LogP contribution in [0.1, 0.15) is 25.7 Å². The number of rotatable bonds is 4. The molecule has 0 radical (unpaired) electrons. The molecular formula is C14H20ClNO3. The molecule has 5 heteroatoms. The number of aliphatic hydroxyl groups excluding tert-OH is 1. The number of halogens is 1. The van der Waals surface area contributed by atoms with E-state index in [1.165, 1.54) is 0 Å². The molecule has 0 unspecified atom stereocenters. The first-order valence-corrected chi connectivity index (χ1v) is 6.88. The highest BCUT2D eigenvalue weighted by Crippen LogP contribution is 2.37. The fraction of sp³-hybridized carbons (Fsp3) is 0.571. The van der Waals surface area contributed by atoms with E-state index in [9.17, 15) is 5.11 Å². The van der Waals surface area contributed by atoms with E-state index < -0.39 is 0 Å². The maximum absolute atomic E-state index is 9.52. The third-order valence-corrected chi connectivity index (χ3v) is 3.83. The van der Waals surface area contributed by atoms with Gasteiger partial charge in [0.2, 0.25) is 0 Å². The number of nitrogens with one attached hydrogen (secondary N) is 1. The van der Waals surface area contributed by atoms with Crippen LogP contribution in [-0.4, -0.2) is 31.5 Å². The lowest BCUT2D eigenvalue weighted by atomic mass is 9.93. The van der Waals surface area contributed by atoms with Gasteiger partial charge in [0.25, 0.3) is 0 Å². The van der Waals surface area contributed by atoms with Crippen LogP contribution in [0.3, 0.4) is 0 Å². The molecule has 0 atom stereocenters. The summed E-state index contributed by atoms with van der Waals surface area (Å²) in [5.74, 6) is 1.32. The van der Waals surface area contributed by atoms with Gasteiger partial charge < -0.3 is 19.9 Å². The molecule has 1 fully saturated rings. The summed E-state index contributed by atoms with van der Waals surface area (Å²) in [6.45, 7) is 0. The molecule has 1 aromatic rings. The summed E-state index contributed by atoms with van der Waals surface area (Å²) in [6.07, 6.45) is 3.43. The Morgan fingerprint density at radius 1 is 1.11 bits per heavy atom. The first-order valence-electron chi connectivity index (χ1n) is 6.50. The van der Waals surface area contributed by atoms with Crippen LogP contribution in [0.25, 0.3) is 0 Å². The van der Waals surface area contributed by atoms with Crippen LogP contribution in [0.2, 0.25) is 5.02 Å². The predicted octanol–water partition coefficient (Wildman–Crippen LogP) is 3.07. The first kappa shape index (κ1) is 14.3. The molecule has 2 rings (SSSR count). The Bertz CT molecular complexity index is 431. The largest absolute Gasteiger partial charge is 0.495 e. The molecule has 0 aliphatic heterocycles. The summed E-state index contributed by atoms with van der Waals surface area (Å²) in [5.41, 5.74) is 0.870. The quantitative estimate of drug-likeness (QED) is 0.893. The summed E-state index contributed by atoms with van der Waals surface area (Å²) >= 11 is 6.14. The minimum atomic E-state index is -0.153. The van der Waals surface area contributed by atoms with E-state index >= 15 is 0 Å². The molecule has 19 heavy (non-hydrogen) atoms. The average Bonchev–Trinajstić information content (AvgIpc) is 2.42. The van der Waals surface area contributed by atoms with Gasteiger partial charge in [0.05, 0.1) is 31.0 Å². The summed E-state index contributed by atoms with van der Waals surface area (Å²) in [5, 5.41) is 13.5. The zero-order valence-corrected chi connectivity index (χ0v) is 12.0. The lowest BCUT2D eigenvalue weighted by Gasteiger charge is -2.27. The van der Waals surface area contributed by atoms with Gasteiger partial charge in [-0.25, -0.2) is 0 Å². The lowest BCUT2D eigenvalue weighted by molar-refractivity contribution is 0.126. The van der Waals surface area contributed by atoms with Gasteiger partial charge in [0, 0.05) is 12.1 Å². The Morgan fingerprint density at radius 3 is 2.32 bits per heavy atom. The number of benzene rings is 1. The van der Waals surface area contributed by atoms with E-state index in [4.69, 9.17) is 21.1 Å². The van der Waals surface area contributed by atoms with Gasteiger partial charge in [-0.1, -0.05) is 11.6 Å². The number of methoxy groups -OCH3 is 2. The Kier molecular flexibility index (Phi) is 4.77. The number of aliphatic hydroxyl groups is 1. The summed E-state index contributed by atoms with van der Waals surface area (Å²) in [6, 6.07) is 3.95. The Morgan fingerprint density at radius 2 is 1.74 bits per heavy atom. The Labute approximate surface area is 118 Å². The van der Waals surface area contributed by atoms with Crippen molar-refractivity contribution in [2.24, 2.45) is 0 Å². The van der Waals surface area contributed by atoms with E-state index in [1.807, 2.05) is 6.07 Å². The zero-order valence-electron chi connectivity index (χ0n) is 11.3. The van der Waals surface area contributed by atoms with E-state index in [2.05, 4.69) is 5.32 Å². The molecule has 106 valence electrons. The highest BCUT2D eigenvalue weighted by molar-refractivity contribution is 6.32. The highest BCUT2D eigenvalue weighted by atomic mass is 35.5. The second kappa shape index (κ2) is 6.35. The second-order valence-electron chi connectivity index (χ2n) is 4.84. The topological polar surface area (TPSA) is 50.7 Å². The molecule has 1 aliphatic rings. The molecule has 0 amide bonds. The maximum atomic E-state index is 9.52.